The molecule has 18 heavy (non-hydrogen) atoms. The SMILES string of the molecule is COC(=O)Cc1cc(C)ccc1-c1ccccc1. The molecule has 0 heterocycles. The molecule has 0 aliphatic heterocycles. The molecule has 0 unspecified atom stereocenters. The van der Waals surface area contributed by atoms with E-state index in [9.17, 15) is 4.79 Å². The van der Waals surface area contributed by atoms with Crippen LogP contribution in [0.5, 0.6) is 0 Å². The molecule has 0 aliphatic rings. The van der Waals surface area contributed by atoms with Crippen LogP contribution in [0.15, 0.2) is 48.5 Å². The van der Waals surface area contributed by atoms with E-state index in [4.69, 9.17) is 4.74 Å². The number of carbonyl (C=O) groups is 1. The molecule has 92 valence electrons. The second-order valence-electron chi connectivity index (χ2n) is 4.28. The van der Waals surface area contributed by atoms with Gasteiger partial charge in [0.25, 0.3) is 0 Å². The van der Waals surface area contributed by atoms with Crippen LogP contribution in [-0.4, -0.2) is 13.1 Å². The first-order valence-corrected chi connectivity index (χ1v) is 5.92. The summed E-state index contributed by atoms with van der Waals surface area (Å²) in [6, 6.07) is 16.2. The molecule has 0 aliphatic carbocycles. The van der Waals surface area contributed by atoms with Crippen molar-refractivity contribution in [2.45, 2.75) is 13.3 Å². The summed E-state index contributed by atoms with van der Waals surface area (Å²) in [4.78, 5) is 11.5. The molecule has 2 aromatic rings. The smallest absolute Gasteiger partial charge is 0.309 e. The van der Waals surface area contributed by atoms with E-state index in [0.29, 0.717) is 6.42 Å². The summed E-state index contributed by atoms with van der Waals surface area (Å²) >= 11 is 0. The summed E-state index contributed by atoms with van der Waals surface area (Å²) in [6.45, 7) is 2.02. The summed E-state index contributed by atoms with van der Waals surface area (Å²) in [5, 5.41) is 0. The van der Waals surface area contributed by atoms with Crippen molar-refractivity contribution < 1.29 is 9.53 Å². The van der Waals surface area contributed by atoms with Crippen molar-refractivity contribution in [3.8, 4) is 11.1 Å². The van der Waals surface area contributed by atoms with Crippen molar-refractivity contribution in [3.05, 3.63) is 59.7 Å². The third kappa shape index (κ3) is 2.77. The molecule has 0 amide bonds. The van der Waals surface area contributed by atoms with Crippen molar-refractivity contribution >= 4 is 5.97 Å². The van der Waals surface area contributed by atoms with Gasteiger partial charge in [0.1, 0.15) is 0 Å². The Balaban J connectivity index is 2.44. The van der Waals surface area contributed by atoms with E-state index >= 15 is 0 Å². The topological polar surface area (TPSA) is 26.3 Å². The molecule has 0 saturated heterocycles. The van der Waals surface area contributed by atoms with Gasteiger partial charge in [0.15, 0.2) is 0 Å². The van der Waals surface area contributed by atoms with Gasteiger partial charge in [-0.15, -0.1) is 0 Å². The number of rotatable bonds is 3. The number of esters is 1. The second-order valence-corrected chi connectivity index (χ2v) is 4.28. The molecule has 2 rings (SSSR count). The Morgan fingerprint density at radius 2 is 1.83 bits per heavy atom. The molecule has 0 saturated carbocycles. The second kappa shape index (κ2) is 5.50. The number of methoxy groups -OCH3 is 1. The van der Waals surface area contributed by atoms with Crippen molar-refractivity contribution in [1.29, 1.82) is 0 Å². The zero-order chi connectivity index (χ0) is 13.0. The fraction of sp³-hybridized carbons (Fsp3) is 0.188. The van der Waals surface area contributed by atoms with Gasteiger partial charge in [-0.2, -0.15) is 0 Å². The first-order chi connectivity index (χ1) is 8.70. The molecule has 0 spiro atoms. The minimum atomic E-state index is -0.210. The van der Waals surface area contributed by atoms with E-state index in [2.05, 4.69) is 12.1 Å². The van der Waals surface area contributed by atoms with Gasteiger partial charge in [-0.25, -0.2) is 0 Å². The number of hydrogen-bond acceptors (Lipinski definition) is 2. The van der Waals surface area contributed by atoms with E-state index in [-0.39, 0.29) is 5.97 Å². The highest BCUT2D eigenvalue weighted by atomic mass is 16.5. The van der Waals surface area contributed by atoms with Gasteiger partial charge in [0.05, 0.1) is 13.5 Å². The number of ether oxygens (including phenoxy) is 1. The highest BCUT2D eigenvalue weighted by Gasteiger charge is 2.09. The van der Waals surface area contributed by atoms with Crippen LogP contribution in [0.25, 0.3) is 11.1 Å². The lowest BCUT2D eigenvalue weighted by Gasteiger charge is -2.10. The molecular weight excluding hydrogens is 224 g/mol. The van der Waals surface area contributed by atoms with E-state index in [0.717, 1.165) is 22.3 Å². The average Bonchev–Trinajstić information content (AvgIpc) is 2.40. The van der Waals surface area contributed by atoms with Crippen LogP contribution in [0.4, 0.5) is 0 Å². The van der Waals surface area contributed by atoms with E-state index < -0.39 is 0 Å². The summed E-state index contributed by atoms with van der Waals surface area (Å²) < 4.78 is 4.75. The Morgan fingerprint density at radius 1 is 1.11 bits per heavy atom. The number of hydrogen-bond donors (Lipinski definition) is 0. The number of benzene rings is 2. The van der Waals surface area contributed by atoms with Crippen LogP contribution in [0.3, 0.4) is 0 Å². The molecule has 0 aromatic heterocycles. The molecule has 0 radical (unpaired) electrons. The van der Waals surface area contributed by atoms with Crippen molar-refractivity contribution in [3.63, 3.8) is 0 Å². The molecule has 0 N–H and O–H groups in total. The van der Waals surface area contributed by atoms with Gasteiger partial charge in [-0.1, -0.05) is 54.1 Å². The number of aryl methyl sites for hydroxylation is 1. The minimum Gasteiger partial charge on any atom is -0.469 e. The zero-order valence-corrected chi connectivity index (χ0v) is 10.6. The largest absolute Gasteiger partial charge is 0.469 e. The Hall–Kier alpha value is -2.09. The number of carbonyl (C=O) groups excluding carboxylic acids is 1. The predicted octanol–water partition coefficient (Wildman–Crippen LogP) is 3.38. The predicted molar refractivity (Wildman–Crippen MR) is 72.3 cm³/mol. The summed E-state index contributed by atoms with van der Waals surface area (Å²) in [7, 11) is 1.42. The van der Waals surface area contributed by atoms with E-state index in [1.165, 1.54) is 7.11 Å². The van der Waals surface area contributed by atoms with Gasteiger partial charge in [0.2, 0.25) is 0 Å². The molecule has 2 aromatic carbocycles. The molecule has 0 atom stereocenters. The van der Waals surface area contributed by atoms with E-state index in [1.807, 2.05) is 43.3 Å². The van der Waals surface area contributed by atoms with Crippen LogP contribution >= 0.6 is 0 Å². The van der Waals surface area contributed by atoms with Gasteiger partial charge >= 0.3 is 5.97 Å². The van der Waals surface area contributed by atoms with Gasteiger partial charge in [0, 0.05) is 0 Å². The van der Waals surface area contributed by atoms with Crippen molar-refractivity contribution in [2.24, 2.45) is 0 Å². The Bertz CT molecular complexity index is 544. The Kier molecular flexibility index (Phi) is 3.78. The van der Waals surface area contributed by atoms with Gasteiger partial charge < -0.3 is 4.74 Å². The van der Waals surface area contributed by atoms with Crippen LogP contribution in [-0.2, 0) is 16.0 Å². The maximum Gasteiger partial charge on any atom is 0.309 e. The lowest BCUT2D eigenvalue weighted by atomic mass is 9.96. The van der Waals surface area contributed by atoms with Crippen LogP contribution in [0, 0.1) is 6.92 Å². The molecule has 0 fully saturated rings. The standard InChI is InChI=1S/C16H16O2/c1-12-8-9-15(13-6-4-3-5-7-13)14(10-12)11-16(17)18-2/h3-10H,11H2,1-2H3. The average molecular weight is 240 g/mol. The monoisotopic (exact) mass is 240 g/mol. The summed E-state index contributed by atoms with van der Waals surface area (Å²) in [6.07, 6.45) is 0.308. The molecule has 2 nitrogen and oxygen atoms in total. The molecule has 0 bridgehead atoms. The molecule has 2 heteroatoms. The van der Waals surface area contributed by atoms with E-state index in [1.54, 1.807) is 0 Å². The summed E-state index contributed by atoms with van der Waals surface area (Å²) in [5.74, 6) is -0.210. The fourth-order valence-corrected chi connectivity index (χ4v) is 2.00. The highest BCUT2D eigenvalue weighted by Crippen LogP contribution is 2.25. The normalized spacial score (nSPS) is 10.1. The first kappa shape index (κ1) is 12.4. The van der Waals surface area contributed by atoms with Crippen LogP contribution in [0.1, 0.15) is 11.1 Å². The van der Waals surface area contributed by atoms with Crippen molar-refractivity contribution in [2.75, 3.05) is 7.11 Å². The lowest BCUT2D eigenvalue weighted by molar-refractivity contribution is -0.139. The van der Waals surface area contributed by atoms with Crippen LogP contribution < -0.4 is 0 Å². The minimum absolute atomic E-state index is 0.210. The van der Waals surface area contributed by atoms with Crippen LogP contribution in [0.2, 0.25) is 0 Å². The third-order valence-corrected chi connectivity index (χ3v) is 2.91. The van der Waals surface area contributed by atoms with Crippen molar-refractivity contribution in [1.82, 2.24) is 0 Å². The first-order valence-electron chi connectivity index (χ1n) is 5.92. The molecular formula is C16H16O2. The third-order valence-electron chi connectivity index (χ3n) is 2.91. The quantitative estimate of drug-likeness (QED) is 0.769. The zero-order valence-electron chi connectivity index (χ0n) is 10.6. The maximum atomic E-state index is 11.5. The Morgan fingerprint density at radius 3 is 2.50 bits per heavy atom. The maximum absolute atomic E-state index is 11.5. The summed E-state index contributed by atoms with van der Waals surface area (Å²) in [5.41, 5.74) is 4.37. The van der Waals surface area contributed by atoms with Gasteiger partial charge in [-0.3, -0.25) is 4.79 Å². The fourth-order valence-electron chi connectivity index (χ4n) is 2.00. The lowest BCUT2D eigenvalue weighted by Crippen LogP contribution is -2.06. The van der Waals surface area contributed by atoms with Gasteiger partial charge in [-0.05, 0) is 23.6 Å². The highest BCUT2D eigenvalue weighted by molar-refractivity contribution is 5.78. The Labute approximate surface area is 107 Å².